The van der Waals surface area contributed by atoms with E-state index < -0.39 is 0 Å². The minimum absolute atomic E-state index is 0.0684. The van der Waals surface area contributed by atoms with Crippen LogP contribution < -0.4 is 5.32 Å². The van der Waals surface area contributed by atoms with Gasteiger partial charge in [-0.05, 0) is 12.1 Å². The first-order valence-corrected chi connectivity index (χ1v) is 4.76. The van der Waals surface area contributed by atoms with E-state index >= 15 is 0 Å². The first kappa shape index (κ1) is 11.7. The molecule has 1 heterocycles. The van der Waals surface area contributed by atoms with E-state index in [2.05, 4.69) is 10.3 Å². The van der Waals surface area contributed by atoms with E-state index in [9.17, 15) is 4.79 Å². The number of hydrogen-bond donors (Lipinski definition) is 2. The Morgan fingerprint density at radius 1 is 1.73 bits per heavy atom. The number of pyridine rings is 1. The molecule has 0 aromatic carbocycles. The molecule has 15 heavy (non-hydrogen) atoms. The van der Waals surface area contributed by atoms with Crippen molar-refractivity contribution in [2.24, 2.45) is 0 Å². The lowest BCUT2D eigenvalue weighted by molar-refractivity contribution is 0.202. The zero-order valence-corrected chi connectivity index (χ0v) is 9.03. The number of aliphatic hydroxyl groups is 1. The summed E-state index contributed by atoms with van der Waals surface area (Å²) < 4.78 is 0. The zero-order valence-electron chi connectivity index (χ0n) is 8.27. The molecule has 0 aliphatic rings. The Morgan fingerprint density at radius 3 is 3.07 bits per heavy atom. The number of carbonyl (C=O) groups is 1. The highest BCUT2D eigenvalue weighted by Crippen LogP contribution is 2.12. The molecule has 0 atom stereocenters. The molecule has 0 aliphatic heterocycles. The molecule has 1 aromatic rings. The van der Waals surface area contributed by atoms with Crippen molar-refractivity contribution in [2.45, 2.75) is 0 Å². The van der Waals surface area contributed by atoms with Crippen LogP contribution in [-0.2, 0) is 0 Å². The number of aromatic nitrogens is 1. The molecule has 1 aromatic heterocycles. The molecular formula is C9H12ClN3O2. The maximum atomic E-state index is 11.5. The van der Waals surface area contributed by atoms with Crippen molar-refractivity contribution in [3.63, 3.8) is 0 Å². The fourth-order valence-corrected chi connectivity index (χ4v) is 1.12. The molecule has 82 valence electrons. The second kappa shape index (κ2) is 5.53. The van der Waals surface area contributed by atoms with Gasteiger partial charge in [0.15, 0.2) is 0 Å². The average molecular weight is 230 g/mol. The summed E-state index contributed by atoms with van der Waals surface area (Å²) in [5.74, 6) is 0. The summed E-state index contributed by atoms with van der Waals surface area (Å²) in [6.45, 7) is 0.214. The summed E-state index contributed by atoms with van der Waals surface area (Å²) in [6.07, 6.45) is 1.50. The number of halogens is 1. The van der Waals surface area contributed by atoms with Crippen molar-refractivity contribution >= 4 is 23.3 Å². The van der Waals surface area contributed by atoms with Crippen LogP contribution in [0.25, 0.3) is 0 Å². The van der Waals surface area contributed by atoms with Gasteiger partial charge in [-0.15, -0.1) is 0 Å². The second-order valence-corrected chi connectivity index (χ2v) is 3.33. The lowest BCUT2D eigenvalue weighted by Gasteiger charge is -2.16. The monoisotopic (exact) mass is 229 g/mol. The highest BCUT2D eigenvalue weighted by Gasteiger charge is 2.07. The summed E-state index contributed by atoms with van der Waals surface area (Å²) in [5, 5.41) is 11.6. The van der Waals surface area contributed by atoms with Gasteiger partial charge in [-0.1, -0.05) is 11.6 Å². The quantitative estimate of drug-likeness (QED) is 0.766. The van der Waals surface area contributed by atoms with Crippen LogP contribution in [-0.4, -0.2) is 41.2 Å². The third kappa shape index (κ3) is 3.73. The van der Waals surface area contributed by atoms with Gasteiger partial charge in [0.05, 0.1) is 6.61 Å². The van der Waals surface area contributed by atoms with E-state index in [1.54, 1.807) is 19.2 Å². The first-order chi connectivity index (χ1) is 7.13. The molecule has 5 nitrogen and oxygen atoms in total. The Hall–Kier alpha value is -1.33. The third-order valence-electron chi connectivity index (χ3n) is 1.76. The molecule has 2 N–H and O–H groups in total. The lowest BCUT2D eigenvalue weighted by Crippen LogP contribution is -2.33. The summed E-state index contributed by atoms with van der Waals surface area (Å²) >= 11 is 5.65. The SMILES string of the molecule is CN(CCO)C(=O)Nc1ccnc(Cl)c1. The van der Waals surface area contributed by atoms with E-state index in [0.29, 0.717) is 10.8 Å². The molecule has 0 aliphatic carbocycles. The summed E-state index contributed by atoms with van der Waals surface area (Å²) in [7, 11) is 1.59. The molecule has 0 saturated heterocycles. The Morgan fingerprint density at radius 2 is 2.47 bits per heavy atom. The molecule has 0 spiro atoms. The van der Waals surface area contributed by atoms with Crippen LogP contribution in [0.5, 0.6) is 0 Å². The van der Waals surface area contributed by atoms with Crippen LogP contribution in [0.1, 0.15) is 0 Å². The van der Waals surface area contributed by atoms with Gasteiger partial charge in [0.2, 0.25) is 0 Å². The van der Waals surface area contributed by atoms with Gasteiger partial charge < -0.3 is 15.3 Å². The van der Waals surface area contributed by atoms with Gasteiger partial charge in [-0.3, -0.25) is 0 Å². The Balaban J connectivity index is 2.58. The highest BCUT2D eigenvalue weighted by molar-refractivity contribution is 6.29. The van der Waals surface area contributed by atoms with Crippen molar-refractivity contribution in [3.05, 3.63) is 23.5 Å². The van der Waals surface area contributed by atoms with Gasteiger partial charge in [0.25, 0.3) is 0 Å². The maximum Gasteiger partial charge on any atom is 0.321 e. The number of carbonyl (C=O) groups excluding carboxylic acids is 1. The number of aliphatic hydroxyl groups excluding tert-OH is 1. The molecule has 1 rings (SSSR count). The third-order valence-corrected chi connectivity index (χ3v) is 1.97. The number of anilines is 1. The minimum atomic E-state index is -0.300. The number of urea groups is 1. The van der Waals surface area contributed by atoms with Gasteiger partial charge in [-0.2, -0.15) is 0 Å². The van der Waals surface area contributed by atoms with E-state index in [1.165, 1.54) is 11.1 Å². The number of amides is 2. The first-order valence-electron chi connectivity index (χ1n) is 4.38. The van der Waals surface area contributed by atoms with E-state index in [1.807, 2.05) is 0 Å². The van der Waals surface area contributed by atoms with E-state index in [-0.39, 0.29) is 19.2 Å². The number of likely N-dealkylation sites (N-methyl/N-ethyl adjacent to an activating group) is 1. The standard InChI is InChI=1S/C9H12ClN3O2/c1-13(4-5-14)9(15)12-7-2-3-11-8(10)6-7/h2-3,6,14H,4-5H2,1H3,(H,11,12,15). The molecule has 0 unspecified atom stereocenters. The largest absolute Gasteiger partial charge is 0.395 e. The number of rotatable bonds is 3. The number of nitrogens with one attached hydrogen (secondary N) is 1. The predicted octanol–water partition coefficient (Wildman–Crippen LogP) is 1.19. The number of hydrogen-bond acceptors (Lipinski definition) is 3. The fraction of sp³-hybridized carbons (Fsp3) is 0.333. The molecule has 0 bridgehead atoms. The van der Waals surface area contributed by atoms with Crippen LogP contribution in [0.4, 0.5) is 10.5 Å². The van der Waals surface area contributed by atoms with Gasteiger partial charge >= 0.3 is 6.03 Å². The fourth-order valence-electron chi connectivity index (χ4n) is 0.951. The van der Waals surface area contributed by atoms with Crippen LogP contribution in [0.3, 0.4) is 0 Å². The van der Waals surface area contributed by atoms with Crippen molar-refractivity contribution in [3.8, 4) is 0 Å². The van der Waals surface area contributed by atoms with Gasteiger partial charge in [-0.25, -0.2) is 9.78 Å². The second-order valence-electron chi connectivity index (χ2n) is 2.94. The normalized spacial score (nSPS) is 9.80. The number of nitrogens with zero attached hydrogens (tertiary/aromatic N) is 2. The van der Waals surface area contributed by atoms with E-state index in [4.69, 9.17) is 16.7 Å². The summed E-state index contributed by atoms with van der Waals surface area (Å²) in [6, 6.07) is 2.88. The summed E-state index contributed by atoms with van der Waals surface area (Å²) in [4.78, 5) is 16.6. The van der Waals surface area contributed by atoms with Crippen LogP contribution in [0, 0.1) is 0 Å². The molecular weight excluding hydrogens is 218 g/mol. The molecule has 0 saturated carbocycles. The van der Waals surface area contributed by atoms with Crippen molar-refractivity contribution < 1.29 is 9.90 Å². The average Bonchev–Trinajstić information content (AvgIpc) is 2.18. The Labute approximate surface area is 92.7 Å². The van der Waals surface area contributed by atoms with Crippen molar-refractivity contribution in [1.82, 2.24) is 9.88 Å². The molecule has 2 amide bonds. The van der Waals surface area contributed by atoms with Crippen molar-refractivity contribution in [2.75, 3.05) is 25.5 Å². The summed E-state index contributed by atoms with van der Waals surface area (Å²) in [5.41, 5.74) is 0.574. The van der Waals surface area contributed by atoms with Crippen LogP contribution in [0.15, 0.2) is 18.3 Å². The maximum absolute atomic E-state index is 11.5. The topological polar surface area (TPSA) is 65.5 Å². The molecule has 0 radical (unpaired) electrons. The Kier molecular flexibility index (Phi) is 4.33. The van der Waals surface area contributed by atoms with Crippen LogP contribution in [0.2, 0.25) is 5.15 Å². The lowest BCUT2D eigenvalue weighted by atomic mass is 10.4. The van der Waals surface area contributed by atoms with Crippen molar-refractivity contribution in [1.29, 1.82) is 0 Å². The predicted molar refractivity (Wildman–Crippen MR) is 58.0 cm³/mol. The van der Waals surface area contributed by atoms with E-state index in [0.717, 1.165) is 0 Å². The van der Waals surface area contributed by atoms with Gasteiger partial charge in [0, 0.05) is 25.5 Å². The molecule has 6 heteroatoms. The minimum Gasteiger partial charge on any atom is -0.395 e. The van der Waals surface area contributed by atoms with Crippen LogP contribution >= 0.6 is 11.6 Å². The highest BCUT2D eigenvalue weighted by atomic mass is 35.5. The van der Waals surface area contributed by atoms with Gasteiger partial charge in [0.1, 0.15) is 5.15 Å². The smallest absolute Gasteiger partial charge is 0.321 e. The molecule has 0 fully saturated rings. The Bertz CT molecular complexity index is 346. The zero-order chi connectivity index (χ0) is 11.3.